The summed E-state index contributed by atoms with van der Waals surface area (Å²) < 4.78 is 1.80. The zero-order chi connectivity index (χ0) is 19.3. The van der Waals surface area contributed by atoms with Crippen molar-refractivity contribution in [2.75, 3.05) is 0 Å². The minimum absolute atomic E-state index is 0.0429. The van der Waals surface area contributed by atoms with E-state index in [0.29, 0.717) is 5.39 Å². The molecule has 0 fully saturated rings. The molecule has 4 heteroatoms. The van der Waals surface area contributed by atoms with Gasteiger partial charge in [0.05, 0.1) is 11.6 Å². The third-order valence-corrected chi connectivity index (χ3v) is 4.77. The molecule has 28 heavy (non-hydrogen) atoms. The number of nitrogens with one attached hydrogen (secondary N) is 1. The fourth-order valence-corrected chi connectivity index (χ4v) is 3.41. The van der Waals surface area contributed by atoms with Crippen LogP contribution in [0, 0.1) is 0 Å². The summed E-state index contributed by atoms with van der Waals surface area (Å²) in [5.41, 5.74) is 2.75. The average molecular weight is 368 g/mol. The molecular formula is C24H20N2O2. The van der Waals surface area contributed by atoms with Gasteiger partial charge >= 0.3 is 0 Å². The predicted molar refractivity (Wildman–Crippen MR) is 111 cm³/mol. The van der Waals surface area contributed by atoms with Crippen LogP contribution in [0.15, 0.2) is 102 Å². The smallest absolute Gasteiger partial charge is 0.240 e. The molecule has 1 amide bonds. The van der Waals surface area contributed by atoms with Crippen molar-refractivity contribution in [2.24, 2.45) is 0 Å². The highest BCUT2D eigenvalue weighted by atomic mass is 16.2. The lowest BCUT2D eigenvalue weighted by Crippen LogP contribution is -2.32. The summed E-state index contributed by atoms with van der Waals surface area (Å²) in [5.74, 6) is -0.119. The van der Waals surface area contributed by atoms with Crippen LogP contribution in [0.25, 0.3) is 10.9 Å². The number of amides is 1. The monoisotopic (exact) mass is 368 g/mol. The lowest BCUT2D eigenvalue weighted by Gasteiger charge is -2.20. The van der Waals surface area contributed by atoms with Gasteiger partial charge in [0.15, 0.2) is 5.43 Å². The van der Waals surface area contributed by atoms with Crippen molar-refractivity contribution in [3.63, 3.8) is 0 Å². The van der Waals surface area contributed by atoms with E-state index in [1.54, 1.807) is 16.8 Å². The number of aromatic nitrogens is 1. The van der Waals surface area contributed by atoms with E-state index in [1.165, 1.54) is 6.07 Å². The van der Waals surface area contributed by atoms with Gasteiger partial charge in [-0.3, -0.25) is 9.59 Å². The minimum Gasteiger partial charge on any atom is -0.344 e. The number of nitrogens with zero attached hydrogens (tertiary/aromatic N) is 1. The van der Waals surface area contributed by atoms with Gasteiger partial charge in [-0.05, 0) is 23.3 Å². The molecule has 4 nitrogen and oxygen atoms in total. The Balaban J connectivity index is 1.63. The van der Waals surface area contributed by atoms with Crippen LogP contribution in [0.1, 0.15) is 17.2 Å². The number of pyridine rings is 1. The van der Waals surface area contributed by atoms with E-state index in [-0.39, 0.29) is 23.9 Å². The van der Waals surface area contributed by atoms with Crippen molar-refractivity contribution in [2.45, 2.75) is 12.6 Å². The van der Waals surface area contributed by atoms with Gasteiger partial charge in [-0.2, -0.15) is 0 Å². The standard InChI is InChI=1S/C24H20N2O2/c27-22-15-16-26(21-14-8-7-13-20(21)22)17-23(28)25-24(18-9-3-1-4-10-18)19-11-5-2-6-12-19/h1-16,24H,17H2,(H,25,28). The quantitative estimate of drug-likeness (QED) is 0.581. The van der Waals surface area contributed by atoms with Gasteiger partial charge in [0.25, 0.3) is 0 Å². The summed E-state index contributed by atoms with van der Waals surface area (Å²) in [6, 6.07) is 28.4. The van der Waals surface area contributed by atoms with Crippen molar-refractivity contribution in [3.8, 4) is 0 Å². The van der Waals surface area contributed by atoms with Crippen molar-refractivity contribution in [1.29, 1.82) is 0 Å². The van der Waals surface area contributed by atoms with Crippen LogP contribution in [0.3, 0.4) is 0 Å². The maximum Gasteiger partial charge on any atom is 0.240 e. The van der Waals surface area contributed by atoms with Crippen LogP contribution in [0.2, 0.25) is 0 Å². The number of hydrogen-bond donors (Lipinski definition) is 1. The zero-order valence-corrected chi connectivity index (χ0v) is 15.3. The van der Waals surface area contributed by atoms with Crippen LogP contribution >= 0.6 is 0 Å². The topological polar surface area (TPSA) is 51.1 Å². The lowest BCUT2D eigenvalue weighted by molar-refractivity contribution is -0.122. The lowest BCUT2D eigenvalue weighted by atomic mass is 9.99. The second-order valence-electron chi connectivity index (χ2n) is 6.65. The summed E-state index contributed by atoms with van der Waals surface area (Å²) in [7, 11) is 0. The van der Waals surface area contributed by atoms with Gasteiger partial charge in [-0.25, -0.2) is 0 Å². The minimum atomic E-state index is -0.236. The Kier molecular flexibility index (Phi) is 5.02. The van der Waals surface area contributed by atoms with E-state index in [9.17, 15) is 9.59 Å². The molecular weight excluding hydrogens is 348 g/mol. The van der Waals surface area contributed by atoms with Crippen molar-refractivity contribution < 1.29 is 4.79 Å². The van der Waals surface area contributed by atoms with Crippen molar-refractivity contribution >= 4 is 16.8 Å². The zero-order valence-electron chi connectivity index (χ0n) is 15.3. The summed E-state index contributed by atoms with van der Waals surface area (Å²) in [6.45, 7) is 0.136. The van der Waals surface area contributed by atoms with Crippen LogP contribution in [-0.4, -0.2) is 10.5 Å². The van der Waals surface area contributed by atoms with Gasteiger partial charge < -0.3 is 9.88 Å². The molecule has 0 aliphatic rings. The third kappa shape index (κ3) is 3.71. The molecule has 0 aliphatic carbocycles. The number of carbonyl (C=O) groups excluding carboxylic acids is 1. The first kappa shape index (κ1) is 17.7. The molecule has 0 radical (unpaired) electrons. The predicted octanol–water partition coefficient (Wildman–Crippen LogP) is 3.91. The van der Waals surface area contributed by atoms with E-state index >= 15 is 0 Å². The first-order valence-corrected chi connectivity index (χ1v) is 9.20. The van der Waals surface area contributed by atoms with E-state index in [1.807, 2.05) is 78.9 Å². The molecule has 4 rings (SSSR count). The van der Waals surface area contributed by atoms with Gasteiger partial charge in [0.2, 0.25) is 5.91 Å². The van der Waals surface area contributed by atoms with Crippen molar-refractivity contribution in [1.82, 2.24) is 9.88 Å². The Labute approximate surface area is 163 Å². The molecule has 1 aromatic heterocycles. The molecule has 0 saturated carbocycles. The number of benzene rings is 3. The second-order valence-corrected chi connectivity index (χ2v) is 6.65. The number of para-hydroxylation sites is 1. The molecule has 1 N–H and O–H groups in total. The fraction of sp³-hybridized carbons (Fsp3) is 0.0833. The molecule has 138 valence electrons. The molecule has 3 aromatic carbocycles. The van der Waals surface area contributed by atoms with E-state index in [4.69, 9.17) is 0 Å². The van der Waals surface area contributed by atoms with Crippen molar-refractivity contribution in [3.05, 3.63) is 119 Å². The molecule has 0 atom stereocenters. The largest absolute Gasteiger partial charge is 0.344 e. The number of rotatable bonds is 5. The highest BCUT2D eigenvalue weighted by Gasteiger charge is 2.17. The second kappa shape index (κ2) is 7.92. The molecule has 0 spiro atoms. The SMILES string of the molecule is O=C(Cn1ccc(=O)c2ccccc21)NC(c1ccccc1)c1ccccc1. The summed E-state index contributed by atoms with van der Waals surface area (Å²) >= 11 is 0. The molecule has 0 saturated heterocycles. The highest BCUT2D eigenvalue weighted by Crippen LogP contribution is 2.21. The molecule has 4 aromatic rings. The normalized spacial score (nSPS) is 10.9. The van der Waals surface area contributed by atoms with Crippen LogP contribution in [0.5, 0.6) is 0 Å². The Morgan fingerprint density at radius 1 is 0.786 bits per heavy atom. The Bertz CT molecular complexity index is 1110. The van der Waals surface area contributed by atoms with Gasteiger partial charge in [0.1, 0.15) is 6.54 Å². The Morgan fingerprint density at radius 3 is 2.00 bits per heavy atom. The first-order valence-electron chi connectivity index (χ1n) is 9.20. The Morgan fingerprint density at radius 2 is 1.36 bits per heavy atom. The summed E-state index contributed by atoms with van der Waals surface area (Å²) in [6.07, 6.45) is 1.67. The molecule has 0 bridgehead atoms. The fourth-order valence-electron chi connectivity index (χ4n) is 3.41. The highest BCUT2D eigenvalue weighted by molar-refractivity contribution is 5.82. The van der Waals surface area contributed by atoms with E-state index in [0.717, 1.165) is 16.6 Å². The average Bonchev–Trinajstić information content (AvgIpc) is 2.75. The molecule has 0 unspecified atom stereocenters. The van der Waals surface area contributed by atoms with Crippen LogP contribution < -0.4 is 10.7 Å². The maximum atomic E-state index is 12.9. The van der Waals surface area contributed by atoms with Gasteiger partial charge in [-0.1, -0.05) is 72.8 Å². The summed E-state index contributed by atoms with van der Waals surface area (Å²) in [4.78, 5) is 24.9. The summed E-state index contributed by atoms with van der Waals surface area (Å²) in [5, 5.41) is 3.75. The third-order valence-electron chi connectivity index (χ3n) is 4.77. The Hall–Kier alpha value is -3.66. The van der Waals surface area contributed by atoms with E-state index in [2.05, 4.69) is 5.32 Å². The number of carbonyl (C=O) groups is 1. The van der Waals surface area contributed by atoms with Gasteiger partial charge in [-0.15, -0.1) is 0 Å². The van der Waals surface area contributed by atoms with Gasteiger partial charge in [0, 0.05) is 17.6 Å². The maximum absolute atomic E-state index is 12.9. The number of fused-ring (bicyclic) bond motifs is 1. The molecule has 0 aliphatic heterocycles. The first-order chi connectivity index (χ1) is 13.7. The van der Waals surface area contributed by atoms with Crippen LogP contribution in [-0.2, 0) is 11.3 Å². The van der Waals surface area contributed by atoms with E-state index < -0.39 is 0 Å². The molecule has 1 heterocycles. The number of hydrogen-bond acceptors (Lipinski definition) is 2. The van der Waals surface area contributed by atoms with Crippen LogP contribution in [0.4, 0.5) is 0 Å².